The number of hydrogen-bond donors (Lipinski definition) is 1. The molecule has 1 N–H and O–H groups in total. The molecule has 1 radical (unpaired) electrons. The van der Waals surface area contributed by atoms with E-state index in [9.17, 15) is 5.11 Å². The second kappa shape index (κ2) is 3.69. The van der Waals surface area contributed by atoms with Gasteiger partial charge in [0.1, 0.15) is 8.07 Å². The Morgan fingerprint density at radius 2 is 2.15 bits per heavy atom. The second-order valence-corrected chi connectivity index (χ2v) is 9.38. The molecule has 0 spiro atoms. The number of aliphatic hydroxyl groups is 1. The van der Waals surface area contributed by atoms with Gasteiger partial charge in [0.15, 0.2) is 0 Å². The molecule has 0 aromatic rings. The van der Waals surface area contributed by atoms with Crippen LogP contribution in [0.25, 0.3) is 0 Å². The lowest BCUT2D eigenvalue weighted by Crippen LogP contribution is -2.22. The van der Waals surface area contributed by atoms with Crippen molar-refractivity contribution in [2.45, 2.75) is 38.1 Å². The molecule has 0 bridgehead atoms. The van der Waals surface area contributed by atoms with Crippen LogP contribution in [0.3, 0.4) is 0 Å². The molecule has 0 saturated carbocycles. The van der Waals surface area contributed by atoms with Gasteiger partial charge in [-0.1, -0.05) is 31.8 Å². The second-order valence-electron chi connectivity index (χ2n) is 4.63. The highest BCUT2D eigenvalue weighted by molar-refractivity contribution is 6.83. The van der Waals surface area contributed by atoms with Gasteiger partial charge in [-0.15, -0.1) is 11.5 Å². The van der Waals surface area contributed by atoms with Crippen LogP contribution < -0.4 is 0 Å². The molecule has 0 heterocycles. The average molecular weight is 193 g/mol. The monoisotopic (exact) mass is 193 g/mol. The fourth-order valence-corrected chi connectivity index (χ4v) is 1.80. The highest BCUT2D eigenvalue weighted by atomic mass is 28.3. The molecule has 1 atom stereocenters. The Kier molecular flexibility index (Phi) is 3.00. The summed E-state index contributed by atoms with van der Waals surface area (Å²) in [4.78, 5) is 0. The van der Waals surface area contributed by atoms with Gasteiger partial charge in [0.25, 0.3) is 0 Å². The first-order chi connectivity index (χ1) is 5.91. The minimum atomic E-state index is -1.27. The fourth-order valence-electron chi connectivity index (χ4n) is 1.18. The van der Waals surface area contributed by atoms with Crippen LogP contribution in [0.15, 0.2) is 12.2 Å². The lowest BCUT2D eigenvalue weighted by Gasteiger charge is -2.16. The molecular formula is C11H17OSi. The summed E-state index contributed by atoms with van der Waals surface area (Å²) in [5.41, 5.74) is 2.58. The third-order valence-corrected chi connectivity index (χ3v) is 2.80. The van der Waals surface area contributed by atoms with Gasteiger partial charge in [-0.2, -0.15) is 0 Å². The van der Waals surface area contributed by atoms with Gasteiger partial charge in [-0.25, -0.2) is 0 Å². The van der Waals surface area contributed by atoms with Crippen molar-refractivity contribution in [2.24, 2.45) is 0 Å². The smallest absolute Gasteiger partial charge is 0.129 e. The first-order valence-electron chi connectivity index (χ1n) is 4.65. The SMILES string of the molecule is C[Si](C)(C)C#CCC1(O)C=C[CH]C1. The van der Waals surface area contributed by atoms with Gasteiger partial charge in [-0.05, 0) is 12.8 Å². The predicted octanol–water partition coefficient (Wildman–Crippen LogP) is 2.15. The Labute approximate surface area is 81.9 Å². The van der Waals surface area contributed by atoms with Gasteiger partial charge in [0, 0.05) is 6.42 Å². The quantitative estimate of drug-likeness (QED) is 0.500. The molecule has 0 aliphatic heterocycles. The van der Waals surface area contributed by atoms with E-state index < -0.39 is 13.7 Å². The van der Waals surface area contributed by atoms with Crippen molar-refractivity contribution < 1.29 is 5.11 Å². The maximum Gasteiger partial charge on any atom is 0.129 e. The minimum Gasteiger partial charge on any atom is -0.385 e. The van der Waals surface area contributed by atoms with Crippen molar-refractivity contribution in [2.75, 3.05) is 0 Å². The molecule has 1 unspecified atom stereocenters. The van der Waals surface area contributed by atoms with Crippen LogP contribution in [0.4, 0.5) is 0 Å². The van der Waals surface area contributed by atoms with Crippen LogP contribution in [0.1, 0.15) is 12.8 Å². The lowest BCUT2D eigenvalue weighted by molar-refractivity contribution is 0.103. The average Bonchev–Trinajstić information content (AvgIpc) is 2.33. The van der Waals surface area contributed by atoms with Gasteiger partial charge < -0.3 is 5.11 Å². The molecule has 1 aliphatic rings. The Morgan fingerprint density at radius 1 is 1.46 bits per heavy atom. The number of allylic oxidation sites excluding steroid dienone is 1. The van der Waals surface area contributed by atoms with Crippen LogP contribution in [0.5, 0.6) is 0 Å². The highest BCUT2D eigenvalue weighted by Gasteiger charge is 2.25. The van der Waals surface area contributed by atoms with E-state index in [1.54, 1.807) is 0 Å². The summed E-state index contributed by atoms with van der Waals surface area (Å²) in [6.07, 6.45) is 7.02. The molecule has 71 valence electrons. The molecule has 0 aromatic heterocycles. The topological polar surface area (TPSA) is 20.2 Å². The third-order valence-electron chi connectivity index (χ3n) is 1.87. The predicted molar refractivity (Wildman–Crippen MR) is 58.7 cm³/mol. The van der Waals surface area contributed by atoms with Crippen LogP contribution in [0, 0.1) is 17.9 Å². The third kappa shape index (κ3) is 3.80. The molecule has 0 amide bonds. The van der Waals surface area contributed by atoms with Crippen LogP contribution in [-0.4, -0.2) is 18.8 Å². The zero-order chi connectivity index (χ0) is 9.95. The summed E-state index contributed by atoms with van der Waals surface area (Å²) in [5, 5.41) is 9.88. The first-order valence-corrected chi connectivity index (χ1v) is 8.15. The van der Waals surface area contributed by atoms with Gasteiger partial charge in [0.05, 0.1) is 5.60 Å². The van der Waals surface area contributed by atoms with E-state index in [0.717, 1.165) is 0 Å². The lowest BCUT2D eigenvalue weighted by atomic mass is 10.0. The Bertz CT molecular complexity index is 264. The van der Waals surface area contributed by atoms with E-state index >= 15 is 0 Å². The van der Waals surface area contributed by atoms with E-state index in [1.165, 1.54) is 0 Å². The molecule has 0 fully saturated rings. The van der Waals surface area contributed by atoms with Crippen molar-refractivity contribution in [1.82, 2.24) is 0 Å². The first kappa shape index (κ1) is 10.6. The molecule has 1 rings (SSSR count). The Hall–Kier alpha value is -0.523. The zero-order valence-corrected chi connectivity index (χ0v) is 9.59. The van der Waals surface area contributed by atoms with E-state index in [-0.39, 0.29) is 0 Å². The maximum absolute atomic E-state index is 9.88. The van der Waals surface area contributed by atoms with Crippen LogP contribution in [-0.2, 0) is 0 Å². The normalized spacial score (nSPS) is 27.1. The largest absolute Gasteiger partial charge is 0.385 e. The molecule has 0 saturated heterocycles. The fraction of sp³-hybridized carbons (Fsp3) is 0.545. The summed E-state index contributed by atoms with van der Waals surface area (Å²) < 4.78 is 0. The molecule has 1 nitrogen and oxygen atoms in total. The summed E-state index contributed by atoms with van der Waals surface area (Å²) in [6.45, 7) is 6.63. The summed E-state index contributed by atoms with van der Waals surface area (Å²) >= 11 is 0. The van der Waals surface area contributed by atoms with E-state index in [0.29, 0.717) is 12.8 Å². The summed E-state index contributed by atoms with van der Waals surface area (Å²) in [6, 6.07) is 0. The highest BCUT2D eigenvalue weighted by Crippen LogP contribution is 2.24. The Morgan fingerprint density at radius 3 is 2.62 bits per heavy atom. The molecule has 1 aliphatic carbocycles. The van der Waals surface area contributed by atoms with Crippen LogP contribution in [0.2, 0.25) is 19.6 Å². The summed E-state index contributed by atoms with van der Waals surface area (Å²) in [5.74, 6) is 3.10. The van der Waals surface area contributed by atoms with E-state index in [4.69, 9.17) is 0 Å². The van der Waals surface area contributed by atoms with E-state index in [1.807, 2.05) is 18.6 Å². The number of hydrogen-bond acceptors (Lipinski definition) is 1. The molecule has 0 aromatic carbocycles. The molecule has 13 heavy (non-hydrogen) atoms. The van der Waals surface area contributed by atoms with Crippen molar-refractivity contribution in [3.05, 3.63) is 18.6 Å². The van der Waals surface area contributed by atoms with E-state index in [2.05, 4.69) is 31.1 Å². The van der Waals surface area contributed by atoms with Gasteiger partial charge >= 0.3 is 0 Å². The van der Waals surface area contributed by atoms with Crippen molar-refractivity contribution >= 4 is 8.07 Å². The van der Waals surface area contributed by atoms with Crippen molar-refractivity contribution in [3.8, 4) is 11.5 Å². The van der Waals surface area contributed by atoms with Crippen molar-refractivity contribution in [3.63, 3.8) is 0 Å². The maximum atomic E-state index is 9.88. The Balaban J connectivity index is 2.49. The van der Waals surface area contributed by atoms with Crippen molar-refractivity contribution in [1.29, 1.82) is 0 Å². The number of rotatable bonds is 1. The van der Waals surface area contributed by atoms with Gasteiger partial charge in [-0.3, -0.25) is 0 Å². The standard InChI is InChI=1S/C11H17OSi/c1-13(2,3)10-6-9-11(12)7-4-5-8-11/h4-5,7,12H,8-9H2,1-3H3. The molecule has 2 heteroatoms. The van der Waals surface area contributed by atoms with Gasteiger partial charge in [0.2, 0.25) is 0 Å². The zero-order valence-electron chi connectivity index (χ0n) is 8.59. The van der Waals surface area contributed by atoms with Crippen LogP contribution >= 0.6 is 0 Å². The minimum absolute atomic E-state index is 0.574. The molecular weight excluding hydrogens is 176 g/mol. The summed E-state index contributed by atoms with van der Waals surface area (Å²) in [7, 11) is -1.27.